The minimum atomic E-state index is -0.0876. The molecule has 1 atom stereocenters. The van der Waals surface area contributed by atoms with Gasteiger partial charge in [-0.3, -0.25) is 0 Å². The molecule has 1 aliphatic rings. The molecule has 0 aliphatic carbocycles. The standard InChI is InChI=1S/C10H20N2OS/c1-10(2,3)12(9(13)11-4)8-5-6-14-7-8/h8H,5-7H2,1-4H3,(H,11,13)/t8-/m0/s1. The summed E-state index contributed by atoms with van der Waals surface area (Å²) in [7, 11) is 1.70. The number of nitrogens with one attached hydrogen (secondary N) is 1. The fourth-order valence-corrected chi connectivity index (χ4v) is 3.06. The van der Waals surface area contributed by atoms with E-state index in [2.05, 4.69) is 26.1 Å². The van der Waals surface area contributed by atoms with Gasteiger partial charge in [0, 0.05) is 24.4 Å². The molecule has 0 radical (unpaired) electrons. The molecule has 0 aromatic carbocycles. The van der Waals surface area contributed by atoms with Gasteiger partial charge in [-0.2, -0.15) is 11.8 Å². The zero-order chi connectivity index (χ0) is 10.8. The van der Waals surface area contributed by atoms with Crippen molar-refractivity contribution < 1.29 is 4.79 Å². The Morgan fingerprint density at radius 2 is 2.14 bits per heavy atom. The van der Waals surface area contributed by atoms with Gasteiger partial charge in [0.1, 0.15) is 0 Å². The van der Waals surface area contributed by atoms with Gasteiger partial charge >= 0.3 is 6.03 Å². The summed E-state index contributed by atoms with van der Waals surface area (Å²) < 4.78 is 0. The first-order valence-corrected chi connectivity index (χ1v) is 6.21. The average molecular weight is 216 g/mol. The van der Waals surface area contributed by atoms with Crippen molar-refractivity contribution in [3.8, 4) is 0 Å². The SMILES string of the molecule is CNC(=O)N([C@H]1CCSC1)C(C)(C)C. The van der Waals surface area contributed by atoms with Crippen molar-refractivity contribution in [1.82, 2.24) is 10.2 Å². The summed E-state index contributed by atoms with van der Waals surface area (Å²) in [6.07, 6.45) is 1.12. The van der Waals surface area contributed by atoms with E-state index < -0.39 is 0 Å². The molecule has 1 rings (SSSR count). The third-order valence-electron chi connectivity index (χ3n) is 2.43. The second-order valence-electron chi connectivity index (χ2n) is 4.61. The first-order chi connectivity index (χ1) is 6.46. The zero-order valence-corrected chi connectivity index (χ0v) is 10.3. The average Bonchev–Trinajstić information content (AvgIpc) is 2.54. The zero-order valence-electron chi connectivity index (χ0n) is 9.46. The van der Waals surface area contributed by atoms with E-state index in [0.29, 0.717) is 6.04 Å². The molecule has 1 fully saturated rings. The minimum absolute atomic E-state index is 0.0463. The number of hydrogen-bond acceptors (Lipinski definition) is 2. The lowest BCUT2D eigenvalue weighted by Crippen LogP contribution is -2.54. The summed E-state index contributed by atoms with van der Waals surface area (Å²) in [4.78, 5) is 13.7. The molecule has 1 aliphatic heterocycles. The normalized spacial score (nSPS) is 22.1. The Hall–Kier alpha value is -0.380. The molecule has 1 N–H and O–H groups in total. The lowest BCUT2D eigenvalue weighted by molar-refractivity contribution is 0.119. The monoisotopic (exact) mass is 216 g/mol. The summed E-state index contributed by atoms with van der Waals surface area (Å²) in [5.74, 6) is 2.25. The third-order valence-corrected chi connectivity index (χ3v) is 3.57. The second-order valence-corrected chi connectivity index (χ2v) is 5.76. The second kappa shape index (κ2) is 4.43. The van der Waals surface area contributed by atoms with Gasteiger partial charge in [0.05, 0.1) is 0 Å². The molecule has 0 saturated carbocycles. The number of carbonyl (C=O) groups is 1. The molecule has 0 spiro atoms. The van der Waals surface area contributed by atoms with Crippen LogP contribution in [0.4, 0.5) is 4.79 Å². The lowest BCUT2D eigenvalue weighted by Gasteiger charge is -2.39. The Labute approximate surface area is 90.6 Å². The number of amides is 2. The molecule has 82 valence electrons. The van der Waals surface area contributed by atoms with Crippen LogP contribution in [-0.2, 0) is 0 Å². The van der Waals surface area contributed by atoms with Crippen molar-refractivity contribution in [3.63, 3.8) is 0 Å². The van der Waals surface area contributed by atoms with Crippen LogP contribution in [0.2, 0.25) is 0 Å². The summed E-state index contributed by atoms with van der Waals surface area (Å²) in [5.41, 5.74) is -0.0876. The van der Waals surface area contributed by atoms with Crippen LogP contribution in [0.1, 0.15) is 27.2 Å². The van der Waals surface area contributed by atoms with Gasteiger partial charge in [0.15, 0.2) is 0 Å². The van der Waals surface area contributed by atoms with E-state index in [-0.39, 0.29) is 11.6 Å². The number of carbonyl (C=O) groups excluding carboxylic acids is 1. The van der Waals surface area contributed by atoms with Crippen molar-refractivity contribution in [1.29, 1.82) is 0 Å². The maximum atomic E-state index is 11.8. The minimum Gasteiger partial charge on any atom is -0.341 e. The maximum Gasteiger partial charge on any atom is 0.317 e. The van der Waals surface area contributed by atoms with Crippen molar-refractivity contribution in [2.75, 3.05) is 18.6 Å². The van der Waals surface area contributed by atoms with Crippen LogP contribution in [0.15, 0.2) is 0 Å². The third kappa shape index (κ3) is 2.56. The number of thioether (sulfide) groups is 1. The highest BCUT2D eigenvalue weighted by Crippen LogP contribution is 2.27. The molecule has 14 heavy (non-hydrogen) atoms. The van der Waals surface area contributed by atoms with Gasteiger partial charge in [-0.05, 0) is 32.9 Å². The summed E-state index contributed by atoms with van der Waals surface area (Å²) in [6.45, 7) is 6.27. The highest BCUT2D eigenvalue weighted by molar-refractivity contribution is 7.99. The molecule has 1 heterocycles. The van der Waals surface area contributed by atoms with Gasteiger partial charge in [-0.15, -0.1) is 0 Å². The highest BCUT2D eigenvalue weighted by Gasteiger charge is 2.34. The fourth-order valence-electron chi connectivity index (χ4n) is 1.86. The molecular weight excluding hydrogens is 196 g/mol. The first-order valence-electron chi connectivity index (χ1n) is 5.05. The molecule has 4 heteroatoms. The van der Waals surface area contributed by atoms with Crippen LogP contribution in [0.5, 0.6) is 0 Å². The van der Waals surface area contributed by atoms with E-state index in [1.807, 2.05) is 16.7 Å². The number of nitrogens with zero attached hydrogens (tertiary/aromatic N) is 1. The number of urea groups is 1. The smallest absolute Gasteiger partial charge is 0.317 e. The van der Waals surface area contributed by atoms with Gasteiger partial charge in [-0.25, -0.2) is 4.79 Å². The van der Waals surface area contributed by atoms with E-state index >= 15 is 0 Å². The summed E-state index contributed by atoms with van der Waals surface area (Å²) in [5, 5.41) is 2.73. The number of hydrogen-bond donors (Lipinski definition) is 1. The van der Waals surface area contributed by atoms with E-state index in [1.54, 1.807) is 7.05 Å². The van der Waals surface area contributed by atoms with Crippen molar-refractivity contribution in [2.24, 2.45) is 0 Å². The molecule has 1 saturated heterocycles. The molecular formula is C10H20N2OS. The van der Waals surface area contributed by atoms with E-state index in [0.717, 1.165) is 12.2 Å². The summed E-state index contributed by atoms with van der Waals surface area (Å²) in [6, 6.07) is 0.449. The quantitative estimate of drug-likeness (QED) is 0.726. The van der Waals surface area contributed by atoms with E-state index in [4.69, 9.17) is 0 Å². The van der Waals surface area contributed by atoms with Crippen LogP contribution in [0.25, 0.3) is 0 Å². The van der Waals surface area contributed by atoms with Gasteiger partial charge in [0.25, 0.3) is 0 Å². The predicted octanol–water partition coefficient (Wildman–Crippen LogP) is 1.93. The maximum absolute atomic E-state index is 11.8. The van der Waals surface area contributed by atoms with E-state index in [9.17, 15) is 4.79 Å². The predicted molar refractivity (Wildman–Crippen MR) is 61.8 cm³/mol. The Bertz CT molecular complexity index is 207. The van der Waals surface area contributed by atoms with Gasteiger partial charge in [0.2, 0.25) is 0 Å². The Balaban J connectivity index is 2.75. The molecule has 0 aromatic heterocycles. The largest absolute Gasteiger partial charge is 0.341 e. The van der Waals surface area contributed by atoms with Gasteiger partial charge in [-0.1, -0.05) is 0 Å². The van der Waals surface area contributed by atoms with Crippen molar-refractivity contribution in [3.05, 3.63) is 0 Å². The van der Waals surface area contributed by atoms with E-state index in [1.165, 1.54) is 5.75 Å². The molecule has 0 aromatic rings. The Morgan fingerprint density at radius 1 is 1.50 bits per heavy atom. The molecule has 0 unspecified atom stereocenters. The fraction of sp³-hybridized carbons (Fsp3) is 0.900. The van der Waals surface area contributed by atoms with Crippen LogP contribution in [-0.4, -0.2) is 41.1 Å². The molecule has 3 nitrogen and oxygen atoms in total. The van der Waals surface area contributed by atoms with Crippen molar-refractivity contribution in [2.45, 2.75) is 38.8 Å². The van der Waals surface area contributed by atoms with Crippen LogP contribution in [0, 0.1) is 0 Å². The van der Waals surface area contributed by atoms with Crippen LogP contribution >= 0.6 is 11.8 Å². The summed E-state index contributed by atoms with van der Waals surface area (Å²) >= 11 is 1.93. The van der Waals surface area contributed by atoms with Crippen LogP contribution in [0.3, 0.4) is 0 Å². The topological polar surface area (TPSA) is 32.3 Å². The van der Waals surface area contributed by atoms with Gasteiger partial charge < -0.3 is 10.2 Å². The molecule has 2 amide bonds. The first kappa shape index (κ1) is 11.7. The Kier molecular flexibility index (Phi) is 3.70. The van der Waals surface area contributed by atoms with Crippen LogP contribution < -0.4 is 5.32 Å². The Morgan fingerprint density at radius 3 is 2.50 bits per heavy atom. The van der Waals surface area contributed by atoms with Crippen molar-refractivity contribution >= 4 is 17.8 Å². The lowest BCUT2D eigenvalue weighted by atomic mass is 10.0. The molecule has 0 bridgehead atoms. The highest BCUT2D eigenvalue weighted by atomic mass is 32.2. The number of rotatable bonds is 1.